The van der Waals surface area contributed by atoms with Crippen LogP contribution in [-0.2, 0) is 0 Å². The quantitative estimate of drug-likeness (QED) is 0.224. The molecule has 0 saturated heterocycles. The standard InChI is InChI=1S/C20H15ClFN5O4/c21-13-6-10(2-4-14(13)22)25-18-17-12(7-23-20(27-17)24-8-16(28)29)11-3-1-9(19(30)31)5-15(11)26-18/h1-7,16,28-29H,8H2,(H,25,26)(H,30,31)(H,23,24,27). The second-order valence-corrected chi connectivity index (χ2v) is 6.98. The molecule has 9 nitrogen and oxygen atoms in total. The van der Waals surface area contributed by atoms with Crippen LogP contribution in [0.25, 0.3) is 21.8 Å². The van der Waals surface area contributed by atoms with E-state index in [9.17, 15) is 14.3 Å². The van der Waals surface area contributed by atoms with Crippen LogP contribution in [0.4, 0.5) is 21.8 Å². The first-order valence-electron chi connectivity index (χ1n) is 8.97. The maximum absolute atomic E-state index is 13.5. The molecule has 0 unspecified atom stereocenters. The number of hydrogen-bond donors (Lipinski definition) is 5. The molecule has 158 valence electrons. The van der Waals surface area contributed by atoms with Crippen molar-refractivity contribution < 1.29 is 24.5 Å². The van der Waals surface area contributed by atoms with E-state index < -0.39 is 18.1 Å². The summed E-state index contributed by atoms with van der Waals surface area (Å²) in [6, 6.07) is 8.53. The number of aliphatic hydroxyl groups is 2. The Balaban J connectivity index is 1.89. The summed E-state index contributed by atoms with van der Waals surface area (Å²) in [5, 5.41) is 34.2. The summed E-state index contributed by atoms with van der Waals surface area (Å²) in [5.74, 6) is -1.29. The van der Waals surface area contributed by atoms with Crippen LogP contribution in [-0.4, -0.2) is 49.1 Å². The minimum Gasteiger partial charge on any atom is -0.478 e. The summed E-state index contributed by atoms with van der Waals surface area (Å²) in [5.41, 5.74) is 1.26. The van der Waals surface area contributed by atoms with Gasteiger partial charge in [-0.15, -0.1) is 0 Å². The highest BCUT2D eigenvalue weighted by Crippen LogP contribution is 2.31. The summed E-state index contributed by atoms with van der Waals surface area (Å²) in [4.78, 5) is 24.4. The number of hydrogen-bond acceptors (Lipinski definition) is 8. The van der Waals surface area contributed by atoms with E-state index >= 15 is 0 Å². The number of aliphatic hydroxyl groups excluding tert-OH is 1. The van der Waals surface area contributed by atoms with Crippen LogP contribution in [0.15, 0.2) is 42.6 Å². The lowest BCUT2D eigenvalue weighted by Crippen LogP contribution is -2.19. The third kappa shape index (κ3) is 4.31. The molecule has 0 fully saturated rings. The van der Waals surface area contributed by atoms with E-state index in [4.69, 9.17) is 21.8 Å². The molecule has 2 aromatic carbocycles. The Labute approximate surface area is 179 Å². The molecule has 0 aliphatic heterocycles. The molecule has 0 aliphatic carbocycles. The number of benzene rings is 2. The van der Waals surface area contributed by atoms with Crippen molar-refractivity contribution in [2.45, 2.75) is 6.29 Å². The third-order valence-electron chi connectivity index (χ3n) is 4.41. The van der Waals surface area contributed by atoms with Crippen molar-refractivity contribution in [1.82, 2.24) is 15.0 Å². The number of anilines is 3. The van der Waals surface area contributed by atoms with Crippen LogP contribution in [0.3, 0.4) is 0 Å². The number of halogens is 2. The van der Waals surface area contributed by atoms with E-state index in [2.05, 4.69) is 25.6 Å². The molecule has 5 N–H and O–H groups in total. The zero-order chi connectivity index (χ0) is 22.1. The lowest BCUT2D eigenvalue weighted by molar-refractivity contribution is -0.0277. The first-order valence-corrected chi connectivity index (χ1v) is 9.35. The Morgan fingerprint density at radius 2 is 1.94 bits per heavy atom. The summed E-state index contributed by atoms with van der Waals surface area (Å²) in [6.07, 6.45) is -0.0794. The van der Waals surface area contributed by atoms with Crippen LogP contribution < -0.4 is 10.6 Å². The average molecular weight is 444 g/mol. The lowest BCUT2D eigenvalue weighted by Gasteiger charge is -2.13. The Kier molecular flexibility index (Phi) is 5.51. The van der Waals surface area contributed by atoms with Gasteiger partial charge in [0.15, 0.2) is 12.1 Å². The summed E-state index contributed by atoms with van der Waals surface area (Å²) in [6.45, 7) is -0.190. The van der Waals surface area contributed by atoms with Crippen molar-refractivity contribution >= 4 is 56.8 Å². The van der Waals surface area contributed by atoms with Crippen molar-refractivity contribution in [2.75, 3.05) is 17.2 Å². The van der Waals surface area contributed by atoms with Crippen LogP contribution in [0.5, 0.6) is 0 Å². The van der Waals surface area contributed by atoms with Gasteiger partial charge in [-0.3, -0.25) is 0 Å². The largest absolute Gasteiger partial charge is 0.478 e. The van der Waals surface area contributed by atoms with Gasteiger partial charge in [0, 0.05) is 22.7 Å². The van der Waals surface area contributed by atoms with Gasteiger partial charge in [-0.05, 0) is 30.3 Å². The molecule has 0 aliphatic rings. The molecular formula is C20H15ClFN5O4. The summed E-state index contributed by atoms with van der Waals surface area (Å²) >= 11 is 5.86. The number of nitrogens with one attached hydrogen (secondary N) is 2. The molecule has 0 amide bonds. The highest BCUT2D eigenvalue weighted by molar-refractivity contribution is 6.31. The number of carbonyl (C=O) groups is 1. The third-order valence-corrected chi connectivity index (χ3v) is 4.69. The summed E-state index contributed by atoms with van der Waals surface area (Å²) < 4.78 is 13.5. The van der Waals surface area contributed by atoms with Crippen LogP contribution in [0.2, 0.25) is 5.02 Å². The van der Waals surface area contributed by atoms with Crippen molar-refractivity contribution in [2.24, 2.45) is 0 Å². The van der Waals surface area contributed by atoms with Crippen LogP contribution in [0.1, 0.15) is 10.4 Å². The number of carboxylic acids is 1. The molecule has 0 atom stereocenters. The minimum atomic E-state index is -1.59. The number of rotatable bonds is 6. The van der Waals surface area contributed by atoms with Crippen LogP contribution >= 0.6 is 11.6 Å². The topological polar surface area (TPSA) is 140 Å². The van der Waals surface area contributed by atoms with Crippen molar-refractivity contribution in [3.05, 3.63) is 59.0 Å². The molecule has 0 saturated carbocycles. The second-order valence-electron chi connectivity index (χ2n) is 6.57. The molecule has 0 spiro atoms. The molecule has 11 heteroatoms. The van der Waals surface area contributed by atoms with Crippen molar-refractivity contribution in [1.29, 1.82) is 0 Å². The molecule has 0 radical (unpaired) electrons. The molecule has 31 heavy (non-hydrogen) atoms. The van der Waals surface area contributed by atoms with Gasteiger partial charge in [0.1, 0.15) is 11.3 Å². The van der Waals surface area contributed by atoms with Crippen molar-refractivity contribution in [3.63, 3.8) is 0 Å². The Morgan fingerprint density at radius 1 is 1.13 bits per heavy atom. The lowest BCUT2D eigenvalue weighted by atomic mass is 10.1. The van der Waals surface area contributed by atoms with E-state index in [1.165, 1.54) is 36.5 Å². The van der Waals surface area contributed by atoms with E-state index in [1.54, 1.807) is 6.07 Å². The van der Waals surface area contributed by atoms with E-state index in [-0.39, 0.29) is 28.9 Å². The Morgan fingerprint density at radius 3 is 2.65 bits per heavy atom. The number of pyridine rings is 1. The van der Waals surface area contributed by atoms with Crippen molar-refractivity contribution in [3.8, 4) is 0 Å². The minimum absolute atomic E-state index is 0.0614. The number of carboxylic acid groups (broad SMARTS) is 1. The van der Waals surface area contributed by atoms with Gasteiger partial charge in [0.25, 0.3) is 0 Å². The molecule has 0 bridgehead atoms. The summed E-state index contributed by atoms with van der Waals surface area (Å²) in [7, 11) is 0. The number of nitrogens with zero attached hydrogens (tertiary/aromatic N) is 3. The first-order chi connectivity index (χ1) is 14.8. The SMILES string of the molecule is O=C(O)c1ccc2c(c1)nc(Nc1ccc(F)c(Cl)c1)c1nc(NCC(O)O)ncc12. The van der Waals surface area contributed by atoms with Gasteiger partial charge in [-0.1, -0.05) is 17.7 Å². The van der Waals surface area contributed by atoms with Gasteiger partial charge in [0.05, 0.1) is 22.6 Å². The molecule has 4 rings (SSSR count). The molecular weight excluding hydrogens is 429 g/mol. The first kappa shape index (κ1) is 20.7. The van der Waals surface area contributed by atoms with E-state index in [0.29, 0.717) is 27.5 Å². The highest BCUT2D eigenvalue weighted by Gasteiger charge is 2.15. The predicted octanol–water partition coefficient (Wildman–Crippen LogP) is 3.13. The molecule has 2 heterocycles. The molecule has 2 aromatic heterocycles. The number of fused-ring (bicyclic) bond motifs is 3. The second kappa shape index (κ2) is 8.26. The van der Waals surface area contributed by atoms with E-state index in [1.807, 2.05) is 0 Å². The van der Waals surface area contributed by atoms with Crippen LogP contribution in [0, 0.1) is 5.82 Å². The fourth-order valence-electron chi connectivity index (χ4n) is 2.98. The highest BCUT2D eigenvalue weighted by atomic mass is 35.5. The smallest absolute Gasteiger partial charge is 0.335 e. The van der Waals surface area contributed by atoms with Gasteiger partial charge in [0.2, 0.25) is 5.95 Å². The maximum Gasteiger partial charge on any atom is 0.335 e. The normalized spacial score (nSPS) is 11.3. The average Bonchev–Trinajstić information content (AvgIpc) is 2.74. The Hall–Kier alpha value is -3.60. The van der Waals surface area contributed by atoms with Gasteiger partial charge in [-0.2, -0.15) is 0 Å². The zero-order valence-corrected chi connectivity index (χ0v) is 16.4. The van der Waals surface area contributed by atoms with Gasteiger partial charge in [-0.25, -0.2) is 24.1 Å². The monoisotopic (exact) mass is 443 g/mol. The van der Waals surface area contributed by atoms with Gasteiger partial charge >= 0.3 is 5.97 Å². The number of aromatic carboxylic acids is 1. The molecule has 4 aromatic rings. The maximum atomic E-state index is 13.5. The number of aromatic nitrogens is 3. The van der Waals surface area contributed by atoms with Gasteiger partial charge < -0.3 is 26.0 Å². The predicted molar refractivity (Wildman–Crippen MR) is 113 cm³/mol. The fourth-order valence-corrected chi connectivity index (χ4v) is 3.16. The fraction of sp³-hybridized carbons (Fsp3) is 0.100. The van der Waals surface area contributed by atoms with E-state index in [0.717, 1.165) is 0 Å². The Bertz CT molecular complexity index is 1320. The zero-order valence-electron chi connectivity index (χ0n) is 15.7.